The fraction of sp³-hybridized carbons (Fsp3) is 0.786. The van der Waals surface area contributed by atoms with E-state index in [4.69, 9.17) is 4.74 Å². The molecule has 0 aromatic heterocycles. The average molecular weight is 339 g/mol. The van der Waals surface area contributed by atoms with Gasteiger partial charge < -0.3 is 9.47 Å². The number of alkyl halides is 3. The van der Waals surface area contributed by atoms with Gasteiger partial charge in [-0.3, -0.25) is 9.59 Å². The van der Waals surface area contributed by atoms with E-state index in [0.717, 1.165) is 0 Å². The molecule has 6 nitrogen and oxygen atoms in total. The average Bonchev–Trinajstić information content (AvgIpc) is 2.79. The summed E-state index contributed by atoms with van der Waals surface area (Å²) < 4.78 is 48.3. The van der Waals surface area contributed by atoms with Crippen LogP contribution in [-0.2, 0) is 19.1 Å². The first-order valence-corrected chi connectivity index (χ1v) is 7.29. The van der Waals surface area contributed by atoms with E-state index in [2.05, 4.69) is 4.74 Å². The van der Waals surface area contributed by atoms with Crippen LogP contribution in [0, 0.1) is 11.8 Å². The maximum Gasteiger partial charge on any atom is 0.416 e. The highest BCUT2D eigenvalue weighted by molar-refractivity contribution is 5.93. The van der Waals surface area contributed by atoms with E-state index in [1.807, 2.05) is 0 Å². The quantitative estimate of drug-likeness (QED) is 0.695. The first-order valence-electron chi connectivity index (χ1n) is 7.29. The SMILES string of the molecule is CCOC(=O)C[C@H](CC(=O)N1C(=O)OC[C@@H]1C(C)C)C(F)(F)F. The molecule has 9 heteroatoms. The number of rotatable bonds is 6. The molecule has 0 aliphatic carbocycles. The van der Waals surface area contributed by atoms with Gasteiger partial charge >= 0.3 is 18.2 Å². The molecule has 0 N–H and O–H groups in total. The summed E-state index contributed by atoms with van der Waals surface area (Å²) in [6.07, 6.45) is -7.66. The monoisotopic (exact) mass is 339 g/mol. The number of ether oxygens (including phenoxy) is 2. The van der Waals surface area contributed by atoms with Crippen molar-refractivity contribution >= 4 is 18.0 Å². The predicted molar refractivity (Wildman–Crippen MR) is 72.2 cm³/mol. The van der Waals surface area contributed by atoms with Gasteiger partial charge in [-0.05, 0) is 12.8 Å². The number of hydrogen-bond acceptors (Lipinski definition) is 5. The van der Waals surface area contributed by atoms with Crippen LogP contribution in [0.15, 0.2) is 0 Å². The minimum Gasteiger partial charge on any atom is -0.466 e. The molecule has 1 fully saturated rings. The minimum atomic E-state index is -4.75. The summed E-state index contributed by atoms with van der Waals surface area (Å²) in [6, 6.07) is -0.605. The highest BCUT2D eigenvalue weighted by Gasteiger charge is 2.46. The van der Waals surface area contributed by atoms with E-state index in [9.17, 15) is 27.6 Å². The molecular formula is C14H20F3NO5. The minimum absolute atomic E-state index is 0.0448. The topological polar surface area (TPSA) is 72.9 Å². The van der Waals surface area contributed by atoms with Crippen molar-refractivity contribution in [1.82, 2.24) is 4.90 Å². The summed E-state index contributed by atoms with van der Waals surface area (Å²) in [7, 11) is 0. The Balaban J connectivity index is 2.84. The smallest absolute Gasteiger partial charge is 0.416 e. The predicted octanol–water partition coefficient (Wildman–Crippen LogP) is 2.51. The van der Waals surface area contributed by atoms with Gasteiger partial charge in [0.2, 0.25) is 5.91 Å². The maximum absolute atomic E-state index is 13.0. The molecule has 1 aliphatic rings. The molecule has 23 heavy (non-hydrogen) atoms. The molecule has 2 amide bonds. The van der Waals surface area contributed by atoms with E-state index in [1.165, 1.54) is 6.92 Å². The number of esters is 1. The second-order valence-electron chi connectivity index (χ2n) is 5.60. The number of carbonyl (C=O) groups is 3. The lowest BCUT2D eigenvalue weighted by Gasteiger charge is -2.25. The van der Waals surface area contributed by atoms with E-state index in [0.29, 0.717) is 4.90 Å². The number of amides is 2. The van der Waals surface area contributed by atoms with Crippen LogP contribution in [0.4, 0.5) is 18.0 Å². The lowest BCUT2D eigenvalue weighted by molar-refractivity contribution is -0.188. The summed E-state index contributed by atoms with van der Waals surface area (Å²) >= 11 is 0. The first-order chi connectivity index (χ1) is 10.6. The van der Waals surface area contributed by atoms with Crippen molar-refractivity contribution in [1.29, 1.82) is 0 Å². The van der Waals surface area contributed by atoms with Crippen LogP contribution in [0.5, 0.6) is 0 Å². The van der Waals surface area contributed by atoms with Gasteiger partial charge in [0.05, 0.1) is 25.0 Å². The first kappa shape index (κ1) is 19.2. The normalized spacial score (nSPS) is 19.7. The molecule has 0 aromatic carbocycles. The van der Waals surface area contributed by atoms with Crippen molar-refractivity contribution in [3.05, 3.63) is 0 Å². The van der Waals surface area contributed by atoms with Crippen molar-refractivity contribution in [2.75, 3.05) is 13.2 Å². The van der Waals surface area contributed by atoms with Crippen LogP contribution < -0.4 is 0 Å². The number of carbonyl (C=O) groups excluding carboxylic acids is 3. The molecule has 0 unspecified atom stereocenters. The number of hydrogen-bond donors (Lipinski definition) is 0. The lowest BCUT2D eigenvalue weighted by atomic mass is 9.98. The standard InChI is InChI=1S/C14H20F3NO5/c1-4-22-12(20)6-9(14(15,16)17)5-11(19)18-10(8(2)3)7-23-13(18)21/h8-10H,4-7H2,1-3H3/t9-,10+/m0/s1. The third-order valence-corrected chi connectivity index (χ3v) is 3.55. The fourth-order valence-corrected chi connectivity index (χ4v) is 2.25. The fourth-order valence-electron chi connectivity index (χ4n) is 2.25. The molecule has 1 saturated heterocycles. The van der Waals surface area contributed by atoms with E-state index < -0.39 is 48.9 Å². The van der Waals surface area contributed by atoms with Crippen LogP contribution in [0.2, 0.25) is 0 Å². The molecule has 0 saturated carbocycles. The Hall–Kier alpha value is -1.80. The molecule has 1 aliphatic heterocycles. The van der Waals surface area contributed by atoms with Crippen LogP contribution in [0.1, 0.15) is 33.6 Å². The van der Waals surface area contributed by atoms with Gasteiger partial charge in [0.25, 0.3) is 0 Å². The van der Waals surface area contributed by atoms with Crippen molar-refractivity contribution in [3.63, 3.8) is 0 Å². The zero-order valence-electron chi connectivity index (χ0n) is 13.2. The van der Waals surface area contributed by atoms with E-state index in [-0.39, 0.29) is 19.1 Å². The number of halogens is 3. The molecule has 0 aromatic rings. The Morgan fingerprint density at radius 3 is 2.43 bits per heavy atom. The summed E-state index contributed by atoms with van der Waals surface area (Å²) in [5.74, 6) is -4.39. The molecule has 0 radical (unpaired) electrons. The molecule has 1 rings (SSSR count). The lowest BCUT2D eigenvalue weighted by Crippen LogP contribution is -2.43. The second kappa shape index (κ2) is 7.65. The van der Waals surface area contributed by atoms with Gasteiger partial charge in [0.15, 0.2) is 0 Å². The molecule has 2 atom stereocenters. The zero-order chi connectivity index (χ0) is 17.8. The van der Waals surface area contributed by atoms with Gasteiger partial charge in [-0.1, -0.05) is 13.8 Å². The van der Waals surface area contributed by atoms with Crippen molar-refractivity contribution in [3.8, 4) is 0 Å². The van der Waals surface area contributed by atoms with Gasteiger partial charge in [0, 0.05) is 6.42 Å². The van der Waals surface area contributed by atoms with Gasteiger partial charge in [-0.2, -0.15) is 13.2 Å². The summed E-state index contributed by atoms with van der Waals surface area (Å²) in [4.78, 5) is 35.8. The molecule has 132 valence electrons. The van der Waals surface area contributed by atoms with Crippen molar-refractivity contribution in [2.24, 2.45) is 11.8 Å². The Kier molecular flexibility index (Phi) is 6.40. The number of imide groups is 1. The zero-order valence-corrected chi connectivity index (χ0v) is 13.2. The van der Waals surface area contributed by atoms with Crippen LogP contribution in [-0.4, -0.2) is 48.3 Å². The maximum atomic E-state index is 13.0. The third-order valence-electron chi connectivity index (χ3n) is 3.55. The highest BCUT2D eigenvalue weighted by atomic mass is 19.4. The summed E-state index contributed by atoms with van der Waals surface area (Å²) in [5.41, 5.74) is 0. The highest BCUT2D eigenvalue weighted by Crippen LogP contribution is 2.33. The number of nitrogens with zero attached hydrogens (tertiary/aromatic N) is 1. The van der Waals surface area contributed by atoms with Gasteiger partial charge in [-0.25, -0.2) is 9.69 Å². The van der Waals surface area contributed by atoms with Gasteiger partial charge in [0.1, 0.15) is 6.61 Å². The Morgan fingerprint density at radius 1 is 1.35 bits per heavy atom. The second-order valence-corrected chi connectivity index (χ2v) is 5.60. The Bertz CT molecular complexity index is 464. The van der Waals surface area contributed by atoms with Crippen LogP contribution in [0.25, 0.3) is 0 Å². The summed E-state index contributed by atoms with van der Waals surface area (Å²) in [5, 5.41) is 0. The van der Waals surface area contributed by atoms with E-state index in [1.54, 1.807) is 13.8 Å². The van der Waals surface area contributed by atoms with E-state index >= 15 is 0 Å². The van der Waals surface area contributed by atoms with Crippen molar-refractivity contribution in [2.45, 2.75) is 45.8 Å². The largest absolute Gasteiger partial charge is 0.466 e. The molecular weight excluding hydrogens is 319 g/mol. The summed E-state index contributed by atoms with van der Waals surface area (Å²) in [6.45, 7) is 4.83. The number of cyclic esters (lactones) is 1. The third kappa shape index (κ3) is 5.11. The Morgan fingerprint density at radius 2 is 1.96 bits per heavy atom. The molecule has 1 heterocycles. The van der Waals surface area contributed by atoms with Gasteiger partial charge in [-0.15, -0.1) is 0 Å². The van der Waals surface area contributed by atoms with Crippen molar-refractivity contribution < 1.29 is 37.0 Å². The molecule has 0 spiro atoms. The van der Waals surface area contributed by atoms with Crippen LogP contribution in [0.3, 0.4) is 0 Å². The Labute approximate surface area is 131 Å². The van der Waals surface area contributed by atoms with Crippen LogP contribution >= 0.6 is 0 Å². The molecule has 0 bridgehead atoms.